The molecule has 23 heavy (non-hydrogen) atoms. The van der Waals surface area contributed by atoms with Crippen LogP contribution in [0.1, 0.15) is 32.6 Å². The van der Waals surface area contributed by atoms with Gasteiger partial charge in [0.05, 0.1) is 5.75 Å². The zero-order valence-corrected chi connectivity index (χ0v) is 15.3. The van der Waals surface area contributed by atoms with Gasteiger partial charge in [0, 0.05) is 12.6 Å². The van der Waals surface area contributed by atoms with Crippen molar-refractivity contribution >= 4 is 33.6 Å². The van der Waals surface area contributed by atoms with E-state index in [1.807, 2.05) is 23.6 Å². The van der Waals surface area contributed by atoms with E-state index in [-0.39, 0.29) is 5.91 Å². The van der Waals surface area contributed by atoms with Crippen LogP contribution >= 0.6 is 27.7 Å². The highest BCUT2D eigenvalue weighted by atomic mass is 79.9. The molecule has 2 aromatic heterocycles. The molecule has 1 N–H and O–H groups in total. The predicted molar refractivity (Wildman–Crippen MR) is 92.2 cm³/mol. The minimum atomic E-state index is 0.0647. The van der Waals surface area contributed by atoms with Crippen LogP contribution in [0.5, 0.6) is 0 Å². The van der Waals surface area contributed by atoms with Gasteiger partial charge in [0.1, 0.15) is 0 Å². The highest BCUT2D eigenvalue weighted by molar-refractivity contribution is 9.10. The van der Waals surface area contributed by atoms with Crippen LogP contribution < -0.4 is 5.32 Å². The quantitative estimate of drug-likeness (QED) is 0.753. The van der Waals surface area contributed by atoms with Gasteiger partial charge >= 0.3 is 0 Å². The number of nitrogens with one attached hydrogen (secondary N) is 1. The summed E-state index contributed by atoms with van der Waals surface area (Å²) >= 11 is 4.70. The van der Waals surface area contributed by atoms with Gasteiger partial charge in [0.25, 0.3) is 0 Å². The lowest BCUT2D eigenvalue weighted by atomic mass is 10.2. The number of furan rings is 1. The molecule has 0 unspecified atom stereocenters. The highest BCUT2D eigenvalue weighted by Gasteiger charge is 2.19. The summed E-state index contributed by atoms with van der Waals surface area (Å²) in [5.74, 6) is 1.76. The topological polar surface area (TPSA) is 73.0 Å². The van der Waals surface area contributed by atoms with Crippen molar-refractivity contribution in [2.45, 2.75) is 50.4 Å². The fraction of sp³-hybridized carbons (Fsp3) is 0.533. The molecule has 1 fully saturated rings. The molecule has 0 aliphatic heterocycles. The average molecular weight is 399 g/mol. The third kappa shape index (κ3) is 3.98. The number of carbonyl (C=O) groups excluding carboxylic acids is 1. The Kier molecular flexibility index (Phi) is 5.42. The summed E-state index contributed by atoms with van der Waals surface area (Å²) in [6, 6.07) is 4.02. The Morgan fingerprint density at radius 1 is 1.43 bits per heavy atom. The second kappa shape index (κ2) is 7.53. The van der Waals surface area contributed by atoms with Crippen molar-refractivity contribution in [1.82, 2.24) is 20.1 Å². The molecule has 2 aromatic rings. The van der Waals surface area contributed by atoms with Crippen molar-refractivity contribution in [3.8, 4) is 11.6 Å². The first-order chi connectivity index (χ1) is 11.2. The van der Waals surface area contributed by atoms with Gasteiger partial charge in [-0.3, -0.25) is 9.36 Å². The maximum Gasteiger partial charge on any atom is 0.230 e. The second-order valence-electron chi connectivity index (χ2n) is 5.49. The summed E-state index contributed by atoms with van der Waals surface area (Å²) < 4.78 is 8.16. The number of aromatic nitrogens is 3. The van der Waals surface area contributed by atoms with Crippen LogP contribution in [0.4, 0.5) is 0 Å². The molecule has 0 bridgehead atoms. The lowest BCUT2D eigenvalue weighted by Crippen LogP contribution is -2.33. The van der Waals surface area contributed by atoms with Crippen LogP contribution in [0, 0.1) is 0 Å². The summed E-state index contributed by atoms with van der Waals surface area (Å²) in [6.07, 6.45) is 4.62. The van der Waals surface area contributed by atoms with Crippen LogP contribution in [-0.4, -0.2) is 32.5 Å². The van der Waals surface area contributed by atoms with Crippen LogP contribution in [0.25, 0.3) is 11.6 Å². The van der Waals surface area contributed by atoms with E-state index in [0.717, 1.165) is 18.0 Å². The Hall–Kier alpha value is -1.28. The smallest absolute Gasteiger partial charge is 0.230 e. The average Bonchev–Trinajstić information content (AvgIpc) is 3.25. The molecule has 2 heterocycles. The van der Waals surface area contributed by atoms with Crippen LogP contribution in [0.15, 0.2) is 26.4 Å². The third-order valence-electron chi connectivity index (χ3n) is 3.88. The van der Waals surface area contributed by atoms with Gasteiger partial charge in [0.15, 0.2) is 15.6 Å². The third-order valence-corrected chi connectivity index (χ3v) is 5.27. The molecular formula is C15H19BrN4O2S. The molecule has 0 saturated heterocycles. The number of thioether (sulfide) groups is 1. The Morgan fingerprint density at radius 3 is 2.87 bits per heavy atom. The zero-order chi connectivity index (χ0) is 16.2. The molecular weight excluding hydrogens is 380 g/mol. The first-order valence-electron chi connectivity index (χ1n) is 7.78. The first-order valence-corrected chi connectivity index (χ1v) is 9.56. The zero-order valence-electron chi connectivity index (χ0n) is 12.9. The van der Waals surface area contributed by atoms with E-state index in [2.05, 4.69) is 31.4 Å². The van der Waals surface area contributed by atoms with Gasteiger partial charge < -0.3 is 9.73 Å². The summed E-state index contributed by atoms with van der Waals surface area (Å²) in [4.78, 5) is 12.0. The summed E-state index contributed by atoms with van der Waals surface area (Å²) in [5, 5.41) is 12.2. The lowest BCUT2D eigenvalue weighted by molar-refractivity contribution is -0.119. The van der Waals surface area contributed by atoms with E-state index in [1.54, 1.807) is 0 Å². The van der Waals surface area contributed by atoms with Crippen LogP contribution in [0.2, 0.25) is 0 Å². The summed E-state index contributed by atoms with van der Waals surface area (Å²) in [6.45, 7) is 2.74. The van der Waals surface area contributed by atoms with Crippen LogP contribution in [-0.2, 0) is 11.3 Å². The Morgan fingerprint density at radius 2 is 2.22 bits per heavy atom. The number of halogens is 1. The molecule has 1 aliphatic rings. The number of carbonyl (C=O) groups is 1. The largest absolute Gasteiger partial charge is 0.446 e. The monoisotopic (exact) mass is 398 g/mol. The first kappa shape index (κ1) is 16.6. The summed E-state index contributed by atoms with van der Waals surface area (Å²) in [5.41, 5.74) is 0. The van der Waals surface area contributed by atoms with Crippen molar-refractivity contribution in [1.29, 1.82) is 0 Å². The number of nitrogens with zero attached hydrogens (tertiary/aromatic N) is 3. The van der Waals surface area contributed by atoms with Gasteiger partial charge in [-0.2, -0.15) is 0 Å². The van der Waals surface area contributed by atoms with E-state index in [0.29, 0.717) is 34.6 Å². The van der Waals surface area contributed by atoms with E-state index in [1.165, 1.54) is 24.6 Å². The standard InChI is InChI=1S/C15H19BrN4O2S/c1-2-20-14(11-7-8-12(16)22-11)18-19-15(20)23-9-13(21)17-10-5-3-4-6-10/h7-8,10H,2-6,9H2,1H3,(H,17,21). The second-order valence-corrected chi connectivity index (χ2v) is 7.22. The van der Waals surface area contributed by atoms with Crippen molar-refractivity contribution in [2.75, 3.05) is 5.75 Å². The highest BCUT2D eigenvalue weighted by Crippen LogP contribution is 2.27. The van der Waals surface area contributed by atoms with Crippen molar-refractivity contribution in [3.63, 3.8) is 0 Å². The van der Waals surface area contributed by atoms with Crippen molar-refractivity contribution in [2.24, 2.45) is 0 Å². The number of rotatable bonds is 6. The van der Waals surface area contributed by atoms with E-state index >= 15 is 0 Å². The predicted octanol–water partition coefficient (Wildman–Crippen LogP) is 3.47. The SMILES string of the molecule is CCn1c(SCC(=O)NC2CCCC2)nnc1-c1ccc(Br)o1. The minimum Gasteiger partial charge on any atom is -0.446 e. The molecule has 0 radical (unpaired) electrons. The normalized spacial score (nSPS) is 15.2. The Bertz CT molecular complexity index is 679. The van der Waals surface area contributed by atoms with Gasteiger partial charge in [0.2, 0.25) is 11.7 Å². The lowest BCUT2D eigenvalue weighted by Gasteiger charge is -2.11. The maximum atomic E-state index is 12.0. The fourth-order valence-corrected chi connectivity index (χ4v) is 3.89. The molecule has 6 nitrogen and oxygen atoms in total. The maximum absolute atomic E-state index is 12.0. The number of amides is 1. The molecule has 0 spiro atoms. The van der Waals surface area contributed by atoms with E-state index in [4.69, 9.17) is 4.42 Å². The number of hydrogen-bond donors (Lipinski definition) is 1. The van der Waals surface area contributed by atoms with Crippen molar-refractivity contribution in [3.05, 3.63) is 16.8 Å². The molecule has 0 atom stereocenters. The van der Waals surface area contributed by atoms with Gasteiger partial charge in [-0.15, -0.1) is 10.2 Å². The minimum absolute atomic E-state index is 0.0647. The molecule has 1 aliphatic carbocycles. The van der Waals surface area contributed by atoms with Gasteiger partial charge in [-0.05, 0) is 47.8 Å². The molecule has 8 heteroatoms. The molecule has 0 aromatic carbocycles. The van der Waals surface area contributed by atoms with E-state index in [9.17, 15) is 4.79 Å². The fourth-order valence-electron chi connectivity index (χ4n) is 2.77. The van der Waals surface area contributed by atoms with Gasteiger partial charge in [-0.25, -0.2) is 0 Å². The summed E-state index contributed by atoms with van der Waals surface area (Å²) in [7, 11) is 0. The molecule has 3 rings (SSSR count). The molecule has 1 saturated carbocycles. The van der Waals surface area contributed by atoms with E-state index < -0.39 is 0 Å². The van der Waals surface area contributed by atoms with Crippen molar-refractivity contribution < 1.29 is 9.21 Å². The Labute approximate surface area is 147 Å². The molecule has 124 valence electrons. The number of hydrogen-bond acceptors (Lipinski definition) is 5. The molecule has 1 amide bonds. The van der Waals surface area contributed by atoms with Gasteiger partial charge in [-0.1, -0.05) is 24.6 Å². The Balaban J connectivity index is 1.63. The van der Waals surface area contributed by atoms with Crippen LogP contribution in [0.3, 0.4) is 0 Å².